The molecule has 0 aliphatic heterocycles. The highest BCUT2D eigenvalue weighted by molar-refractivity contribution is 7.26. The normalized spacial score (nSPS) is 13.3. The number of benzene rings is 10. The molecule has 0 bridgehead atoms. The summed E-state index contributed by atoms with van der Waals surface area (Å²) in [5.41, 5.74) is 17.0. The van der Waals surface area contributed by atoms with Crippen LogP contribution in [-0.4, -0.2) is 15.0 Å². The molecule has 324 valence electrons. The Morgan fingerprint density at radius 3 is 1.74 bits per heavy atom. The lowest BCUT2D eigenvalue weighted by Gasteiger charge is -2.31. The van der Waals surface area contributed by atoms with E-state index in [1.54, 1.807) is 0 Å². The van der Waals surface area contributed by atoms with Crippen molar-refractivity contribution in [3.8, 4) is 67.5 Å². The molecule has 0 atom stereocenters. The Morgan fingerprint density at radius 1 is 0.314 bits per heavy atom. The predicted octanol–water partition coefficient (Wildman–Crippen LogP) is 17.5. The standard InChI is InChI=1S/C64H35N3OS2/c1-2-13-36(14-3-1)61-65-62(67-63(66-61)40-26-27-44-43-19-6-10-23-53(43)68-54(44)32-40)39-16-12-15-37(31-39)38-25-28-47-57(33-38)70-56-30-29-46-48-34-49-45-20-7-11-24-55(45)69-58(49)35-52(48)64(60(46)59(47)56)50-21-8-4-17-41(50)42-18-5-9-22-51(42)64/h1-35H. The summed E-state index contributed by atoms with van der Waals surface area (Å²) in [4.78, 5) is 15.3. The van der Waals surface area contributed by atoms with Crippen LogP contribution in [-0.2, 0) is 5.41 Å². The number of hydrogen-bond donors (Lipinski definition) is 0. The van der Waals surface area contributed by atoms with Gasteiger partial charge in [-0.05, 0) is 110 Å². The van der Waals surface area contributed by atoms with Crippen molar-refractivity contribution in [2.45, 2.75) is 5.41 Å². The number of rotatable bonds is 4. The topological polar surface area (TPSA) is 51.8 Å². The zero-order valence-electron chi connectivity index (χ0n) is 37.3. The van der Waals surface area contributed by atoms with Gasteiger partial charge in [-0.15, -0.1) is 22.7 Å². The van der Waals surface area contributed by atoms with Crippen molar-refractivity contribution in [3.63, 3.8) is 0 Å². The highest BCUT2D eigenvalue weighted by Crippen LogP contribution is 2.66. The second-order valence-corrected chi connectivity index (χ2v) is 20.7. The van der Waals surface area contributed by atoms with Crippen LogP contribution in [0, 0.1) is 0 Å². The van der Waals surface area contributed by atoms with Gasteiger partial charge in [-0.3, -0.25) is 0 Å². The Hall–Kier alpha value is -8.55. The summed E-state index contributed by atoms with van der Waals surface area (Å²) in [6, 6.07) is 77.2. The van der Waals surface area contributed by atoms with Crippen molar-refractivity contribution < 1.29 is 4.42 Å². The summed E-state index contributed by atoms with van der Waals surface area (Å²) in [6.45, 7) is 0. The average molecular weight is 926 g/mol. The van der Waals surface area contributed by atoms with Gasteiger partial charge in [0.2, 0.25) is 0 Å². The third kappa shape index (κ3) is 5.26. The smallest absolute Gasteiger partial charge is 0.164 e. The average Bonchev–Trinajstić information content (AvgIpc) is 4.22. The summed E-state index contributed by atoms with van der Waals surface area (Å²) in [5.74, 6) is 1.83. The van der Waals surface area contributed by atoms with Crippen molar-refractivity contribution in [1.29, 1.82) is 0 Å². The molecule has 0 saturated heterocycles. The second-order valence-electron chi connectivity index (χ2n) is 18.6. The summed E-state index contributed by atoms with van der Waals surface area (Å²) in [6.07, 6.45) is 0. The Labute approximate surface area is 409 Å². The molecule has 10 aromatic carbocycles. The van der Waals surface area contributed by atoms with E-state index in [0.717, 1.165) is 49.8 Å². The van der Waals surface area contributed by atoms with Crippen molar-refractivity contribution in [3.05, 3.63) is 235 Å². The monoisotopic (exact) mass is 925 g/mol. The lowest BCUT2D eigenvalue weighted by molar-refractivity contribution is 0.669. The van der Waals surface area contributed by atoms with Crippen LogP contribution >= 0.6 is 22.7 Å². The maximum Gasteiger partial charge on any atom is 0.164 e. The summed E-state index contributed by atoms with van der Waals surface area (Å²) < 4.78 is 11.5. The van der Waals surface area contributed by atoms with E-state index >= 15 is 0 Å². The molecule has 16 rings (SSSR count). The number of hydrogen-bond acceptors (Lipinski definition) is 6. The first-order valence-electron chi connectivity index (χ1n) is 23.6. The lowest BCUT2D eigenvalue weighted by atomic mass is 9.69. The highest BCUT2D eigenvalue weighted by atomic mass is 32.1. The minimum Gasteiger partial charge on any atom is -0.456 e. The fourth-order valence-corrected chi connectivity index (χ4v) is 14.2. The first-order valence-corrected chi connectivity index (χ1v) is 25.3. The highest BCUT2D eigenvalue weighted by Gasteiger charge is 2.53. The number of aromatic nitrogens is 3. The molecule has 14 aromatic rings. The summed E-state index contributed by atoms with van der Waals surface area (Å²) in [7, 11) is 0. The van der Waals surface area contributed by atoms with E-state index in [1.807, 2.05) is 77.3 Å². The molecule has 2 aliphatic rings. The molecule has 4 aromatic heterocycles. The van der Waals surface area contributed by atoms with E-state index in [9.17, 15) is 0 Å². The van der Waals surface area contributed by atoms with Crippen LogP contribution in [0.25, 0.3) is 130 Å². The lowest BCUT2D eigenvalue weighted by Crippen LogP contribution is -2.26. The molecule has 0 amide bonds. The van der Waals surface area contributed by atoms with Crippen LogP contribution in [0.15, 0.2) is 217 Å². The number of furan rings is 1. The van der Waals surface area contributed by atoms with Gasteiger partial charge >= 0.3 is 0 Å². The molecule has 2 aliphatic carbocycles. The molecule has 0 unspecified atom stereocenters. The van der Waals surface area contributed by atoms with Gasteiger partial charge in [-0.25, -0.2) is 15.0 Å². The van der Waals surface area contributed by atoms with E-state index in [-0.39, 0.29) is 0 Å². The SMILES string of the molecule is c1ccc(-c2nc(-c3cccc(-c4ccc5c(c4)sc4ccc6c(c45)C4(c5ccccc5-c5ccccc54)c4cc5sc7ccccc7c5cc4-6)c3)nc(-c3ccc4c(c3)oc3ccccc34)n2)cc1. The molecule has 4 heterocycles. The number of para-hydroxylation sites is 1. The van der Waals surface area contributed by atoms with Gasteiger partial charge < -0.3 is 4.42 Å². The Balaban J connectivity index is 0.866. The number of nitrogens with zero attached hydrogens (tertiary/aromatic N) is 3. The molecule has 0 radical (unpaired) electrons. The van der Waals surface area contributed by atoms with Gasteiger partial charge in [0.25, 0.3) is 0 Å². The van der Waals surface area contributed by atoms with Gasteiger partial charge in [0.15, 0.2) is 17.5 Å². The fourth-order valence-electron chi connectivity index (χ4n) is 11.9. The molecule has 1 spiro atoms. The van der Waals surface area contributed by atoms with Gasteiger partial charge in [-0.2, -0.15) is 0 Å². The molecule has 0 fully saturated rings. The maximum absolute atomic E-state index is 6.30. The first kappa shape index (κ1) is 38.4. The van der Waals surface area contributed by atoms with Gasteiger partial charge in [0.05, 0.1) is 5.41 Å². The Bertz CT molecular complexity index is 4510. The van der Waals surface area contributed by atoms with E-state index in [2.05, 4.69) is 158 Å². The van der Waals surface area contributed by atoms with Gasteiger partial charge in [0.1, 0.15) is 11.2 Å². The molecule has 6 heteroatoms. The zero-order valence-corrected chi connectivity index (χ0v) is 38.9. The minimum atomic E-state index is -0.470. The first-order chi connectivity index (χ1) is 34.7. The van der Waals surface area contributed by atoms with E-state index in [0.29, 0.717) is 17.5 Å². The molecule has 0 saturated carbocycles. The number of thiophene rings is 2. The molecule has 4 nitrogen and oxygen atoms in total. The predicted molar refractivity (Wildman–Crippen MR) is 291 cm³/mol. The minimum absolute atomic E-state index is 0.470. The van der Waals surface area contributed by atoms with E-state index in [4.69, 9.17) is 19.4 Å². The second kappa shape index (κ2) is 14.2. The Morgan fingerprint density at radius 2 is 0.914 bits per heavy atom. The largest absolute Gasteiger partial charge is 0.456 e. The third-order valence-electron chi connectivity index (χ3n) is 14.9. The van der Waals surface area contributed by atoms with E-state index < -0.39 is 5.41 Å². The Kier molecular flexibility index (Phi) is 7.82. The maximum atomic E-state index is 6.30. The molecular formula is C64H35N3OS2. The summed E-state index contributed by atoms with van der Waals surface area (Å²) >= 11 is 3.79. The van der Waals surface area contributed by atoms with Crippen LogP contribution in [0.4, 0.5) is 0 Å². The van der Waals surface area contributed by atoms with Gasteiger partial charge in [0, 0.05) is 67.8 Å². The van der Waals surface area contributed by atoms with Crippen LogP contribution in [0.5, 0.6) is 0 Å². The quantitative estimate of drug-likeness (QED) is 0.176. The van der Waals surface area contributed by atoms with Crippen LogP contribution in [0.2, 0.25) is 0 Å². The molecule has 0 N–H and O–H groups in total. The van der Waals surface area contributed by atoms with Crippen LogP contribution in [0.3, 0.4) is 0 Å². The zero-order chi connectivity index (χ0) is 45.7. The van der Waals surface area contributed by atoms with Crippen molar-refractivity contribution >= 4 is 85.0 Å². The van der Waals surface area contributed by atoms with Crippen molar-refractivity contribution in [2.24, 2.45) is 0 Å². The molecular weight excluding hydrogens is 891 g/mol. The van der Waals surface area contributed by atoms with E-state index in [1.165, 1.54) is 84.9 Å². The van der Waals surface area contributed by atoms with Crippen LogP contribution in [0.1, 0.15) is 22.3 Å². The third-order valence-corrected chi connectivity index (χ3v) is 17.2. The summed E-state index contributed by atoms with van der Waals surface area (Å²) in [5, 5.41) is 7.45. The fraction of sp³-hybridized carbons (Fsp3) is 0.0156. The van der Waals surface area contributed by atoms with Gasteiger partial charge in [-0.1, -0.05) is 158 Å². The van der Waals surface area contributed by atoms with Crippen LogP contribution < -0.4 is 0 Å². The van der Waals surface area contributed by atoms with Crippen molar-refractivity contribution in [1.82, 2.24) is 15.0 Å². The van der Waals surface area contributed by atoms with Crippen molar-refractivity contribution in [2.75, 3.05) is 0 Å². The molecule has 70 heavy (non-hydrogen) atoms. The number of fused-ring (bicyclic) bond motifs is 20.